The predicted molar refractivity (Wildman–Crippen MR) is 123 cm³/mol. The maximum Gasteiger partial charge on any atom is 0.254 e. The zero-order valence-electron chi connectivity index (χ0n) is 18.3. The van der Waals surface area contributed by atoms with Crippen molar-refractivity contribution in [3.05, 3.63) is 84.1 Å². The van der Waals surface area contributed by atoms with Crippen molar-refractivity contribution in [1.82, 2.24) is 30.0 Å². The highest BCUT2D eigenvalue weighted by Gasteiger charge is 2.33. The molecule has 3 heterocycles. The number of nitrogens with zero attached hydrogens (tertiary/aromatic N) is 5. The standard InChI is InChI=1S/C25H24N6O2/c1-33-20-7-4-5-18(15-20)22-11-14-28-25(30-22)31-23(17-8-9-17)21(16-29-31)24(32)27-13-10-19-6-2-3-12-26-19/h2-7,11-12,14-17H,8-10,13H2,1H3,(H,27,32). The molecule has 1 aliphatic rings. The van der Waals surface area contributed by atoms with E-state index in [9.17, 15) is 4.79 Å². The molecule has 1 N–H and O–H groups in total. The van der Waals surface area contributed by atoms with Gasteiger partial charge in [-0.3, -0.25) is 9.78 Å². The molecular weight excluding hydrogens is 416 g/mol. The molecule has 0 bridgehead atoms. The highest BCUT2D eigenvalue weighted by atomic mass is 16.5. The molecule has 0 unspecified atom stereocenters. The van der Waals surface area contributed by atoms with E-state index in [-0.39, 0.29) is 11.8 Å². The minimum Gasteiger partial charge on any atom is -0.497 e. The molecule has 3 aromatic heterocycles. The van der Waals surface area contributed by atoms with Gasteiger partial charge in [-0.05, 0) is 43.2 Å². The summed E-state index contributed by atoms with van der Waals surface area (Å²) in [6.45, 7) is 0.507. The Morgan fingerprint density at radius 3 is 2.82 bits per heavy atom. The fourth-order valence-corrected chi connectivity index (χ4v) is 3.78. The zero-order chi connectivity index (χ0) is 22.6. The Bertz CT molecular complexity index is 1270. The Morgan fingerprint density at radius 1 is 1.12 bits per heavy atom. The van der Waals surface area contributed by atoms with Crippen molar-refractivity contribution in [3.8, 4) is 23.0 Å². The summed E-state index contributed by atoms with van der Waals surface area (Å²) >= 11 is 0. The third kappa shape index (κ3) is 4.59. The number of hydrogen-bond acceptors (Lipinski definition) is 6. The molecule has 1 aliphatic carbocycles. The van der Waals surface area contributed by atoms with E-state index in [2.05, 4.69) is 20.4 Å². The van der Waals surface area contributed by atoms with Crippen molar-refractivity contribution < 1.29 is 9.53 Å². The Labute approximate surface area is 191 Å². The van der Waals surface area contributed by atoms with Crippen LogP contribution in [0.1, 0.15) is 40.5 Å². The van der Waals surface area contributed by atoms with E-state index >= 15 is 0 Å². The molecule has 4 aromatic rings. The molecule has 1 saturated carbocycles. The highest BCUT2D eigenvalue weighted by molar-refractivity contribution is 5.95. The van der Waals surface area contributed by atoms with E-state index in [1.807, 2.05) is 48.5 Å². The molecule has 8 nitrogen and oxygen atoms in total. The van der Waals surface area contributed by atoms with Crippen LogP contribution < -0.4 is 10.1 Å². The van der Waals surface area contributed by atoms with Crippen LogP contribution in [-0.2, 0) is 6.42 Å². The summed E-state index contributed by atoms with van der Waals surface area (Å²) in [6.07, 6.45) is 7.80. The Kier molecular flexibility index (Phi) is 5.80. The fourth-order valence-electron chi connectivity index (χ4n) is 3.78. The van der Waals surface area contributed by atoms with E-state index in [0.29, 0.717) is 24.5 Å². The summed E-state index contributed by atoms with van der Waals surface area (Å²) in [6, 6.07) is 15.3. The van der Waals surface area contributed by atoms with Crippen LogP contribution >= 0.6 is 0 Å². The van der Waals surface area contributed by atoms with Gasteiger partial charge < -0.3 is 10.1 Å². The first-order valence-electron chi connectivity index (χ1n) is 11.0. The molecule has 0 radical (unpaired) electrons. The molecular formula is C25H24N6O2. The molecule has 0 atom stereocenters. The SMILES string of the molecule is COc1cccc(-c2ccnc(-n3ncc(C(=O)NCCc4ccccn4)c3C3CC3)n2)c1. The van der Waals surface area contributed by atoms with E-state index in [4.69, 9.17) is 9.72 Å². The third-order valence-electron chi connectivity index (χ3n) is 5.61. The summed E-state index contributed by atoms with van der Waals surface area (Å²) in [5, 5.41) is 7.50. The number of carbonyl (C=O) groups excluding carboxylic acids is 1. The monoisotopic (exact) mass is 440 g/mol. The largest absolute Gasteiger partial charge is 0.497 e. The number of methoxy groups -OCH3 is 1. The van der Waals surface area contributed by atoms with Gasteiger partial charge in [-0.2, -0.15) is 5.10 Å². The lowest BCUT2D eigenvalue weighted by Crippen LogP contribution is -2.26. The summed E-state index contributed by atoms with van der Waals surface area (Å²) in [5.41, 5.74) is 4.07. The Balaban J connectivity index is 1.39. The normalized spacial score (nSPS) is 13.0. The lowest BCUT2D eigenvalue weighted by molar-refractivity contribution is 0.0953. The molecule has 1 aromatic carbocycles. The number of amides is 1. The maximum absolute atomic E-state index is 13.0. The van der Waals surface area contributed by atoms with Gasteiger partial charge in [0.25, 0.3) is 11.9 Å². The fraction of sp³-hybridized carbons (Fsp3) is 0.240. The molecule has 1 fully saturated rings. The number of benzene rings is 1. The van der Waals surface area contributed by atoms with E-state index in [0.717, 1.165) is 41.2 Å². The molecule has 8 heteroatoms. The summed E-state index contributed by atoms with van der Waals surface area (Å²) in [4.78, 5) is 26.4. The minimum atomic E-state index is -0.136. The lowest BCUT2D eigenvalue weighted by Gasteiger charge is -2.10. The molecule has 0 aliphatic heterocycles. The first-order chi connectivity index (χ1) is 16.2. The van der Waals surface area contributed by atoms with Crippen molar-refractivity contribution in [1.29, 1.82) is 0 Å². The van der Waals surface area contributed by atoms with Crippen LogP contribution in [0.25, 0.3) is 17.2 Å². The summed E-state index contributed by atoms with van der Waals surface area (Å²) in [7, 11) is 1.64. The van der Waals surface area contributed by atoms with Crippen molar-refractivity contribution in [3.63, 3.8) is 0 Å². The van der Waals surface area contributed by atoms with Gasteiger partial charge in [0.05, 0.1) is 30.3 Å². The van der Waals surface area contributed by atoms with Gasteiger partial charge in [-0.15, -0.1) is 0 Å². The van der Waals surface area contributed by atoms with Crippen molar-refractivity contribution >= 4 is 5.91 Å². The number of hydrogen-bond donors (Lipinski definition) is 1. The Morgan fingerprint density at radius 2 is 2.03 bits per heavy atom. The summed E-state index contributed by atoms with van der Waals surface area (Å²) in [5.74, 6) is 1.36. The van der Waals surface area contributed by atoms with Crippen LogP contribution in [0.2, 0.25) is 0 Å². The van der Waals surface area contributed by atoms with Gasteiger partial charge >= 0.3 is 0 Å². The first kappa shape index (κ1) is 20.8. The number of rotatable bonds is 8. The third-order valence-corrected chi connectivity index (χ3v) is 5.61. The van der Waals surface area contributed by atoms with Gasteiger partial charge in [-0.25, -0.2) is 14.6 Å². The molecule has 5 rings (SSSR count). The van der Waals surface area contributed by atoms with Crippen molar-refractivity contribution in [2.24, 2.45) is 0 Å². The van der Waals surface area contributed by atoms with Crippen LogP contribution in [0.4, 0.5) is 0 Å². The lowest BCUT2D eigenvalue weighted by atomic mass is 10.1. The Hall–Kier alpha value is -4.07. The average Bonchev–Trinajstić information content (AvgIpc) is 3.62. The minimum absolute atomic E-state index is 0.136. The predicted octanol–water partition coefficient (Wildman–Crippen LogP) is 3.58. The molecule has 33 heavy (non-hydrogen) atoms. The molecule has 1 amide bonds. The van der Waals surface area contributed by atoms with E-state index < -0.39 is 0 Å². The maximum atomic E-state index is 13.0. The van der Waals surface area contributed by atoms with Crippen LogP contribution in [0, 0.1) is 0 Å². The molecule has 0 saturated heterocycles. The van der Waals surface area contributed by atoms with Crippen molar-refractivity contribution in [2.45, 2.75) is 25.2 Å². The average molecular weight is 441 g/mol. The van der Waals surface area contributed by atoms with Crippen LogP contribution in [-0.4, -0.2) is 44.3 Å². The smallest absolute Gasteiger partial charge is 0.254 e. The van der Waals surface area contributed by atoms with Gasteiger partial charge in [0.15, 0.2) is 0 Å². The molecule has 0 spiro atoms. The highest BCUT2D eigenvalue weighted by Crippen LogP contribution is 2.42. The van der Waals surface area contributed by atoms with E-state index in [1.165, 1.54) is 0 Å². The topological polar surface area (TPSA) is 94.8 Å². The number of carbonyl (C=O) groups is 1. The van der Waals surface area contributed by atoms with Crippen LogP contribution in [0.15, 0.2) is 67.1 Å². The van der Waals surface area contributed by atoms with Crippen LogP contribution in [0.3, 0.4) is 0 Å². The van der Waals surface area contributed by atoms with Crippen LogP contribution in [0.5, 0.6) is 5.75 Å². The quantitative estimate of drug-likeness (QED) is 0.450. The van der Waals surface area contributed by atoms with E-state index in [1.54, 1.807) is 30.4 Å². The molecule has 166 valence electrons. The second-order valence-electron chi connectivity index (χ2n) is 7.93. The van der Waals surface area contributed by atoms with Gasteiger partial charge in [0.1, 0.15) is 5.75 Å². The van der Waals surface area contributed by atoms with Gasteiger partial charge in [0.2, 0.25) is 0 Å². The zero-order valence-corrected chi connectivity index (χ0v) is 18.3. The first-order valence-corrected chi connectivity index (χ1v) is 11.0. The second-order valence-corrected chi connectivity index (χ2v) is 7.93. The number of ether oxygens (including phenoxy) is 1. The number of aromatic nitrogens is 5. The number of pyridine rings is 1. The van der Waals surface area contributed by atoms with Crippen molar-refractivity contribution in [2.75, 3.05) is 13.7 Å². The van der Waals surface area contributed by atoms with Gasteiger partial charge in [-0.1, -0.05) is 18.2 Å². The summed E-state index contributed by atoms with van der Waals surface area (Å²) < 4.78 is 7.03. The second kappa shape index (κ2) is 9.20. The van der Waals surface area contributed by atoms with Gasteiger partial charge in [0, 0.05) is 42.5 Å². The number of nitrogens with one attached hydrogen (secondary N) is 1.